The van der Waals surface area contributed by atoms with Gasteiger partial charge in [-0.3, -0.25) is 4.79 Å². The zero-order chi connectivity index (χ0) is 11.3. The second-order valence-corrected chi connectivity index (χ2v) is 3.36. The van der Waals surface area contributed by atoms with E-state index in [1.165, 1.54) is 12.1 Å². The van der Waals surface area contributed by atoms with Gasteiger partial charge in [-0.25, -0.2) is 4.39 Å². The van der Waals surface area contributed by atoms with Gasteiger partial charge >= 0.3 is 0 Å². The van der Waals surface area contributed by atoms with Gasteiger partial charge in [0.1, 0.15) is 5.82 Å². The van der Waals surface area contributed by atoms with E-state index in [0.717, 1.165) is 5.56 Å². The topological polar surface area (TPSA) is 55.1 Å². The third kappa shape index (κ3) is 3.67. The van der Waals surface area contributed by atoms with Crippen molar-refractivity contribution in [1.82, 2.24) is 5.32 Å². The number of rotatable bonds is 4. The number of carbonyl (C=O) groups is 1. The molecule has 1 aromatic carbocycles. The van der Waals surface area contributed by atoms with E-state index in [-0.39, 0.29) is 11.7 Å². The minimum atomic E-state index is -0.467. The molecule has 0 bridgehead atoms. The first-order valence-corrected chi connectivity index (χ1v) is 4.91. The third-order valence-electron chi connectivity index (χ3n) is 2.16. The monoisotopic (exact) mass is 210 g/mol. The summed E-state index contributed by atoms with van der Waals surface area (Å²) in [5.74, 6) is -0.461. The summed E-state index contributed by atoms with van der Waals surface area (Å²) in [6.07, 6.45) is 0.606. The Morgan fingerprint density at radius 3 is 2.60 bits per heavy atom. The van der Waals surface area contributed by atoms with Crippen LogP contribution in [0.5, 0.6) is 0 Å². The van der Waals surface area contributed by atoms with Gasteiger partial charge in [0.2, 0.25) is 5.91 Å². The minimum Gasteiger partial charge on any atom is -0.351 e. The number of nitrogens with one attached hydrogen (secondary N) is 1. The molecule has 1 aromatic rings. The molecule has 3 nitrogen and oxygen atoms in total. The maximum absolute atomic E-state index is 12.6. The summed E-state index contributed by atoms with van der Waals surface area (Å²) in [6, 6.07) is 5.52. The first kappa shape index (κ1) is 11.7. The Balaban J connectivity index is 2.43. The Morgan fingerprint density at radius 2 is 2.07 bits per heavy atom. The van der Waals surface area contributed by atoms with E-state index in [1.807, 2.05) is 6.92 Å². The number of carbonyl (C=O) groups excluding carboxylic acids is 1. The van der Waals surface area contributed by atoms with Gasteiger partial charge in [0.15, 0.2) is 0 Å². The highest BCUT2D eigenvalue weighted by atomic mass is 19.1. The molecule has 0 spiro atoms. The van der Waals surface area contributed by atoms with Crippen LogP contribution < -0.4 is 11.1 Å². The van der Waals surface area contributed by atoms with Crippen LogP contribution in [0.15, 0.2) is 24.3 Å². The van der Waals surface area contributed by atoms with Crippen LogP contribution in [0.4, 0.5) is 4.39 Å². The molecule has 1 atom stereocenters. The number of nitrogens with two attached hydrogens (primary N) is 1. The Morgan fingerprint density at radius 1 is 1.47 bits per heavy atom. The second-order valence-electron chi connectivity index (χ2n) is 3.36. The summed E-state index contributed by atoms with van der Waals surface area (Å²) in [7, 11) is 0. The molecule has 0 fully saturated rings. The molecule has 0 saturated carbocycles. The zero-order valence-electron chi connectivity index (χ0n) is 8.66. The van der Waals surface area contributed by atoms with Gasteiger partial charge in [0.25, 0.3) is 0 Å². The first-order chi connectivity index (χ1) is 7.13. The lowest BCUT2D eigenvalue weighted by Crippen LogP contribution is -2.39. The molecule has 0 saturated heterocycles. The van der Waals surface area contributed by atoms with Crippen LogP contribution in [0.25, 0.3) is 0 Å². The fourth-order valence-corrected chi connectivity index (χ4v) is 1.11. The standard InChI is InChI=1S/C11H15FN2O/c1-2-10(13)11(15)14-7-8-3-5-9(12)6-4-8/h3-6,10H,2,7,13H2,1H3,(H,14,15). The first-order valence-electron chi connectivity index (χ1n) is 4.91. The van der Waals surface area contributed by atoms with E-state index in [2.05, 4.69) is 5.32 Å². The van der Waals surface area contributed by atoms with Crippen molar-refractivity contribution in [3.05, 3.63) is 35.6 Å². The van der Waals surface area contributed by atoms with Crippen molar-refractivity contribution >= 4 is 5.91 Å². The molecule has 0 radical (unpaired) electrons. The van der Waals surface area contributed by atoms with Crippen molar-refractivity contribution in [3.8, 4) is 0 Å². The van der Waals surface area contributed by atoms with E-state index < -0.39 is 6.04 Å². The molecule has 82 valence electrons. The average Bonchev–Trinajstić information content (AvgIpc) is 2.26. The van der Waals surface area contributed by atoms with E-state index in [9.17, 15) is 9.18 Å². The van der Waals surface area contributed by atoms with Crippen LogP contribution in [0, 0.1) is 5.82 Å². The molecule has 3 N–H and O–H groups in total. The number of hydrogen-bond donors (Lipinski definition) is 2. The smallest absolute Gasteiger partial charge is 0.237 e. The Kier molecular flexibility index (Phi) is 4.24. The van der Waals surface area contributed by atoms with Crippen molar-refractivity contribution in [2.75, 3.05) is 0 Å². The van der Waals surface area contributed by atoms with Crippen LogP contribution in [0.1, 0.15) is 18.9 Å². The predicted molar refractivity (Wildman–Crippen MR) is 56.5 cm³/mol. The van der Waals surface area contributed by atoms with E-state index >= 15 is 0 Å². The van der Waals surface area contributed by atoms with Gasteiger partial charge in [-0.05, 0) is 24.1 Å². The molecule has 1 rings (SSSR count). The largest absolute Gasteiger partial charge is 0.351 e. The molecule has 0 aliphatic heterocycles. The summed E-state index contributed by atoms with van der Waals surface area (Å²) < 4.78 is 12.6. The lowest BCUT2D eigenvalue weighted by atomic mass is 10.2. The number of benzene rings is 1. The van der Waals surface area contributed by atoms with E-state index in [4.69, 9.17) is 5.73 Å². The van der Waals surface area contributed by atoms with E-state index in [0.29, 0.717) is 13.0 Å². The van der Waals surface area contributed by atoms with Crippen molar-refractivity contribution in [2.45, 2.75) is 25.9 Å². The molecule has 1 unspecified atom stereocenters. The van der Waals surface area contributed by atoms with Crippen LogP contribution in [-0.4, -0.2) is 11.9 Å². The van der Waals surface area contributed by atoms with Crippen LogP contribution in [0.2, 0.25) is 0 Å². The summed E-state index contributed by atoms with van der Waals surface area (Å²) in [4.78, 5) is 11.3. The van der Waals surface area contributed by atoms with Gasteiger partial charge in [-0.1, -0.05) is 19.1 Å². The highest BCUT2D eigenvalue weighted by Gasteiger charge is 2.09. The molecule has 0 heterocycles. The highest BCUT2D eigenvalue weighted by molar-refractivity contribution is 5.81. The third-order valence-corrected chi connectivity index (χ3v) is 2.16. The predicted octanol–water partition coefficient (Wildman–Crippen LogP) is 1.18. The minimum absolute atomic E-state index is 0.179. The highest BCUT2D eigenvalue weighted by Crippen LogP contribution is 2.02. The number of amides is 1. The molecular weight excluding hydrogens is 195 g/mol. The Labute approximate surface area is 88.5 Å². The van der Waals surface area contributed by atoms with Gasteiger partial charge < -0.3 is 11.1 Å². The normalized spacial score (nSPS) is 12.2. The SMILES string of the molecule is CCC(N)C(=O)NCc1ccc(F)cc1. The van der Waals surface area contributed by atoms with Crippen molar-refractivity contribution in [1.29, 1.82) is 0 Å². The Bertz CT molecular complexity index is 324. The van der Waals surface area contributed by atoms with Crippen LogP contribution in [-0.2, 0) is 11.3 Å². The molecule has 0 aliphatic carbocycles. The molecule has 1 amide bonds. The summed E-state index contributed by atoms with van der Waals surface area (Å²) in [5.41, 5.74) is 6.39. The maximum atomic E-state index is 12.6. The van der Waals surface area contributed by atoms with Crippen LogP contribution >= 0.6 is 0 Å². The molecule has 4 heteroatoms. The second kappa shape index (κ2) is 5.46. The van der Waals surface area contributed by atoms with E-state index in [1.54, 1.807) is 12.1 Å². The quantitative estimate of drug-likeness (QED) is 0.784. The lowest BCUT2D eigenvalue weighted by molar-refractivity contribution is -0.122. The van der Waals surface area contributed by atoms with Crippen molar-refractivity contribution in [2.24, 2.45) is 5.73 Å². The summed E-state index contributed by atoms with van der Waals surface area (Å²) in [5, 5.41) is 2.68. The number of hydrogen-bond acceptors (Lipinski definition) is 2. The maximum Gasteiger partial charge on any atom is 0.237 e. The van der Waals surface area contributed by atoms with Crippen molar-refractivity contribution < 1.29 is 9.18 Å². The molecular formula is C11H15FN2O. The summed E-state index contributed by atoms with van der Waals surface area (Å²) >= 11 is 0. The van der Waals surface area contributed by atoms with Gasteiger partial charge in [0.05, 0.1) is 6.04 Å². The zero-order valence-corrected chi connectivity index (χ0v) is 8.66. The Hall–Kier alpha value is -1.42. The molecule has 15 heavy (non-hydrogen) atoms. The fourth-order valence-electron chi connectivity index (χ4n) is 1.11. The fraction of sp³-hybridized carbons (Fsp3) is 0.364. The van der Waals surface area contributed by atoms with Crippen molar-refractivity contribution in [3.63, 3.8) is 0 Å². The average molecular weight is 210 g/mol. The molecule has 0 aliphatic rings. The lowest BCUT2D eigenvalue weighted by Gasteiger charge is -2.09. The van der Waals surface area contributed by atoms with Crippen LogP contribution in [0.3, 0.4) is 0 Å². The molecule has 0 aromatic heterocycles. The van der Waals surface area contributed by atoms with Gasteiger partial charge in [-0.15, -0.1) is 0 Å². The number of halogens is 1. The van der Waals surface area contributed by atoms with Gasteiger partial charge in [0, 0.05) is 6.54 Å². The van der Waals surface area contributed by atoms with Gasteiger partial charge in [-0.2, -0.15) is 0 Å². The summed E-state index contributed by atoms with van der Waals surface area (Å²) in [6.45, 7) is 2.23.